The van der Waals surface area contributed by atoms with Crippen LogP contribution in [0.15, 0.2) is 24.3 Å². The molecule has 1 aromatic carbocycles. The molecule has 1 heterocycles. The third kappa shape index (κ3) is 2.82. The van der Waals surface area contributed by atoms with Crippen molar-refractivity contribution in [3.8, 4) is 0 Å². The number of nitrogens with zero attached hydrogens (tertiary/aromatic N) is 1. The monoisotopic (exact) mass is 259 g/mol. The molecule has 5 nitrogen and oxygen atoms in total. The quantitative estimate of drug-likeness (QED) is 0.644. The largest absolute Gasteiger partial charge is 0.397 e. The Morgan fingerprint density at radius 3 is 3.00 bits per heavy atom. The molecule has 0 spiro atoms. The molecule has 3 N–H and O–H groups in total. The van der Waals surface area contributed by atoms with Crippen LogP contribution in [0.2, 0.25) is 0 Å². The van der Waals surface area contributed by atoms with Gasteiger partial charge in [0.15, 0.2) is 0 Å². The van der Waals surface area contributed by atoms with Crippen molar-refractivity contribution in [2.45, 2.75) is 6.92 Å². The van der Waals surface area contributed by atoms with Gasteiger partial charge in [-0.25, -0.2) is 0 Å². The fraction of sp³-hybridized carbons (Fsp3) is 0.286. The van der Waals surface area contributed by atoms with Crippen molar-refractivity contribution in [1.82, 2.24) is 10.3 Å². The zero-order valence-corrected chi connectivity index (χ0v) is 11.1. The van der Waals surface area contributed by atoms with Gasteiger partial charge < -0.3 is 15.8 Å². The van der Waals surface area contributed by atoms with Crippen LogP contribution in [0, 0.1) is 6.92 Å². The van der Waals surface area contributed by atoms with Gasteiger partial charge in [-0.3, -0.25) is 9.78 Å². The van der Waals surface area contributed by atoms with E-state index in [1.807, 2.05) is 19.1 Å². The highest BCUT2D eigenvalue weighted by Crippen LogP contribution is 2.23. The Kier molecular flexibility index (Phi) is 3.97. The summed E-state index contributed by atoms with van der Waals surface area (Å²) in [6.45, 7) is 2.80. The molecule has 0 saturated carbocycles. The number of hydrogen-bond donors (Lipinski definition) is 2. The summed E-state index contributed by atoms with van der Waals surface area (Å²) in [5, 5.41) is 3.57. The van der Waals surface area contributed by atoms with E-state index in [-0.39, 0.29) is 5.91 Å². The van der Waals surface area contributed by atoms with Crippen LogP contribution < -0.4 is 11.1 Å². The van der Waals surface area contributed by atoms with Crippen LogP contribution in [0.4, 0.5) is 5.69 Å². The number of amides is 1. The number of nitrogens with two attached hydrogens (primary N) is 1. The zero-order valence-electron chi connectivity index (χ0n) is 11.1. The summed E-state index contributed by atoms with van der Waals surface area (Å²) < 4.78 is 4.91. The topological polar surface area (TPSA) is 77.2 Å². The van der Waals surface area contributed by atoms with Crippen molar-refractivity contribution >= 4 is 22.5 Å². The Hall–Kier alpha value is -2.14. The summed E-state index contributed by atoms with van der Waals surface area (Å²) >= 11 is 0. The number of rotatable bonds is 4. The van der Waals surface area contributed by atoms with E-state index in [2.05, 4.69) is 10.3 Å². The molecule has 0 radical (unpaired) electrons. The predicted octanol–water partition coefficient (Wildman–Crippen LogP) is 1.50. The second-order valence-corrected chi connectivity index (χ2v) is 4.30. The Morgan fingerprint density at radius 2 is 2.26 bits per heavy atom. The average Bonchev–Trinajstić information content (AvgIpc) is 2.39. The van der Waals surface area contributed by atoms with Crippen LogP contribution in [0.1, 0.15) is 16.1 Å². The first-order chi connectivity index (χ1) is 9.13. The molecule has 2 rings (SSSR count). The molecular weight excluding hydrogens is 242 g/mol. The molecule has 100 valence electrons. The normalized spacial score (nSPS) is 10.6. The molecule has 5 heteroatoms. The van der Waals surface area contributed by atoms with Crippen molar-refractivity contribution in [2.75, 3.05) is 26.0 Å². The number of fused-ring (bicyclic) bond motifs is 1. The second kappa shape index (κ2) is 5.67. The molecular formula is C14H17N3O2. The maximum atomic E-state index is 12.2. The minimum absolute atomic E-state index is 0.141. The number of carbonyl (C=O) groups is 1. The van der Waals surface area contributed by atoms with Gasteiger partial charge in [-0.1, -0.05) is 12.1 Å². The van der Waals surface area contributed by atoms with Crippen LogP contribution in [0.3, 0.4) is 0 Å². The lowest BCUT2D eigenvalue weighted by Crippen LogP contribution is -2.27. The van der Waals surface area contributed by atoms with E-state index in [4.69, 9.17) is 10.5 Å². The molecule has 0 aliphatic rings. The summed E-state index contributed by atoms with van der Waals surface area (Å²) in [7, 11) is 1.60. The minimum Gasteiger partial charge on any atom is -0.397 e. The summed E-state index contributed by atoms with van der Waals surface area (Å²) in [5.41, 5.74) is 8.50. The van der Waals surface area contributed by atoms with Crippen LogP contribution in [0.5, 0.6) is 0 Å². The molecule has 0 saturated heterocycles. The number of carbonyl (C=O) groups excluding carboxylic acids is 1. The number of methoxy groups -OCH3 is 1. The molecule has 1 aromatic heterocycles. The molecule has 0 fully saturated rings. The molecule has 1 amide bonds. The first kappa shape index (κ1) is 13.3. The first-order valence-electron chi connectivity index (χ1n) is 6.06. The van der Waals surface area contributed by atoms with E-state index in [1.54, 1.807) is 19.2 Å². The van der Waals surface area contributed by atoms with Crippen molar-refractivity contribution in [3.63, 3.8) is 0 Å². The van der Waals surface area contributed by atoms with Crippen molar-refractivity contribution in [3.05, 3.63) is 35.5 Å². The highest BCUT2D eigenvalue weighted by atomic mass is 16.5. The van der Waals surface area contributed by atoms with E-state index in [0.717, 1.165) is 11.1 Å². The Bertz CT molecular complexity index is 611. The van der Waals surface area contributed by atoms with Gasteiger partial charge in [0.1, 0.15) is 0 Å². The number of ether oxygens (including phenoxy) is 1. The Morgan fingerprint density at radius 1 is 1.47 bits per heavy atom. The number of aromatic nitrogens is 1. The van der Waals surface area contributed by atoms with Gasteiger partial charge in [0.2, 0.25) is 0 Å². The number of nitrogens with one attached hydrogen (secondary N) is 1. The number of pyridine rings is 1. The number of benzene rings is 1. The fourth-order valence-corrected chi connectivity index (χ4v) is 1.95. The molecule has 0 aliphatic heterocycles. The third-order valence-electron chi connectivity index (χ3n) is 2.84. The molecule has 0 bridgehead atoms. The number of anilines is 1. The number of nitrogen functional groups attached to an aromatic ring is 1. The maximum absolute atomic E-state index is 12.2. The van der Waals surface area contributed by atoms with Gasteiger partial charge in [-0.2, -0.15) is 0 Å². The number of hydrogen-bond acceptors (Lipinski definition) is 4. The molecule has 0 unspecified atom stereocenters. The SMILES string of the molecule is COCCNC(=O)c1cc(C)nc2c(N)cccc12. The highest BCUT2D eigenvalue weighted by molar-refractivity contribution is 6.08. The van der Waals surface area contributed by atoms with E-state index in [9.17, 15) is 4.79 Å². The summed E-state index contributed by atoms with van der Waals surface area (Å²) in [6.07, 6.45) is 0. The van der Waals surface area contributed by atoms with Crippen LogP contribution in [-0.4, -0.2) is 31.2 Å². The van der Waals surface area contributed by atoms with Crippen LogP contribution in [-0.2, 0) is 4.74 Å². The van der Waals surface area contributed by atoms with E-state index >= 15 is 0 Å². The minimum atomic E-state index is -0.141. The van der Waals surface area contributed by atoms with E-state index < -0.39 is 0 Å². The van der Waals surface area contributed by atoms with Crippen molar-refractivity contribution in [1.29, 1.82) is 0 Å². The summed E-state index contributed by atoms with van der Waals surface area (Å²) in [5.74, 6) is -0.141. The molecule has 2 aromatic rings. The molecule has 0 atom stereocenters. The lowest BCUT2D eigenvalue weighted by Gasteiger charge is -2.10. The van der Waals surface area contributed by atoms with Crippen molar-refractivity contribution < 1.29 is 9.53 Å². The van der Waals surface area contributed by atoms with Crippen LogP contribution >= 0.6 is 0 Å². The van der Waals surface area contributed by atoms with Crippen LogP contribution in [0.25, 0.3) is 10.9 Å². The van der Waals surface area contributed by atoms with E-state index in [0.29, 0.717) is 29.9 Å². The zero-order chi connectivity index (χ0) is 13.8. The van der Waals surface area contributed by atoms with Gasteiger partial charge in [0.25, 0.3) is 5.91 Å². The van der Waals surface area contributed by atoms with Gasteiger partial charge in [0.05, 0.1) is 23.4 Å². The Balaban J connectivity index is 2.42. The highest BCUT2D eigenvalue weighted by Gasteiger charge is 2.12. The Labute approximate surface area is 111 Å². The number of aryl methyl sites for hydroxylation is 1. The standard InChI is InChI=1S/C14H17N3O2/c1-9-8-11(14(18)16-6-7-19-2)10-4-3-5-12(15)13(10)17-9/h3-5,8H,6-7,15H2,1-2H3,(H,16,18). The van der Waals surface area contributed by atoms with Gasteiger partial charge in [0, 0.05) is 24.7 Å². The summed E-state index contributed by atoms with van der Waals surface area (Å²) in [4.78, 5) is 16.5. The smallest absolute Gasteiger partial charge is 0.252 e. The first-order valence-corrected chi connectivity index (χ1v) is 6.06. The summed E-state index contributed by atoms with van der Waals surface area (Å²) in [6, 6.07) is 7.22. The number of para-hydroxylation sites is 1. The van der Waals surface area contributed by atoms with E-state index in [1.165, 1.54) is 0 Å². The lowest BCUT2D eigenvalue weighted by atomic mass is 10.1. The van der Waals surface area contributed by atoms with Gasteiger partial charge in [-0.15, -0.1) is 0 Å². The molecule has 0 aliphatic carbocycles. The molecule has 19 heavy (non-hydrogen) atoms. The van der Waals surface area contributed by atoms with Crippen molar-refractivity contribution in [2.24, 2.45) is 0 Å². The van der Waals surface area contributed by atoms with Gasteiger partial charge >= 0.3 is 0 Å². The third-order valence-corrected chi connectivity index (χ3v) is 2.84. The average molecular weight is 259 g/mol. The second-order valence-electron chi connectivity index (χ2n) is 4.30. The fourth-order valence-electron chi connectivity index (χ4n) is 1.95. The van der Waals surface area contributed by atoms with Gasteiger partial charge in [-0.05, 0) is 19.1 Å². The maximum Gasteiger partial charge on any atom is 0.252 e. The lowest BCUT2D eigenvalue weighted by molar-refractivity contribution is 0.0938. The predicted molar refractivity (Wildman–Crippen MR) is 75.1 cm³/mol.